The maximum Gasteiger partial charge on any atom is 0.416 e. The number of benzene rings is 1. The Morgan fingerprint density at radius 3 is 2.71 bits per heavy atom. The third kappa shape index (κ3) is 4.21. The number of nitrogens with one attached hydrogen (secondary N) is 1. The van der Waals surface area contributed by atoms with E-state index in [-0.39, 0.29) is 17.3 Å². The van der Waals surface area contributed by atoms with Crippen LogP contribution in [0.1, 0.15) is 30.4 Å². The summed E-state index contributed by atoms with van der Waals surface area (Å²) >= 11 is 0. The second-order valence-corrected chi connectivity index (χ2v) is 7.29. The monoisotopic (exact) mass is 430 g/mol. The number of carbonyl (C=O) groups excluding carboxylic acids is 1. The summed E-state index contributed by atoms with van der Waals surface area (Å²) < 4.78 is 53.2. The molecule has 4 rings (SSSR count). The molecule has 0 aliphatic carbocycles. The molecule has 2 amide bonds. The second kappa shape index (κ2) is 7.98. The van der Waals surface area contributed by atoms with Crippen LogP contribution in [0.15, 0.2) is 54.7 Å². The third-order valence-electron chi connectivity index (χ3n) is 5.19. The van der Waals surface area contributed by atoms with Crippen LogP contribution < -0.4 is 10.2 Å². The molecule has 0 spiro atoms. The van der Waals surface area contributed by atoms with Gasteiger partial charge in [0.1, 0.15) is 5.82 Å². The minimum atomic E-state index is -4.47. The van der Waals surface area contributed by atoms with Crippen molar-refractivity contribution in [3.8, 4) is 11.3 Å². The van der Waals surface area contributed by atoms with Gasteiger partial charge in [-0.1, -0.05) is 25.1 Å². The molecule has 1 aliphatic heterocycles. The first-order valence-electron chi connectivity index (χ1n) is 9.61. The number of hydrogen-bond donors (Lipinski definition) is 1. The van der Waals surface area contributed by atoms with Crippen LogP contribution in [-0.4, -0.2) is 22.5 Å². The zero-order valence-corrected chi connectivity index (χ0v) is 16.4. The van der Waals surface area contributed by atoms with Gasteiger partial charge in [-0.15, -0.1) is 0 Å². The number of alkyl halides is 3. The Kier molecular flexibility index (Phi) is 5.34. The number of hydrogen-bond acceptors (Lipinski definition) is 3. The zero-order chi connectivity index (χ0) is 22.2. The fourth-order valence-electron chi connectivity index (χ4n) is 3.50. The van der Waals surface area contributed by atoms with Crippen molar-refractivity contribution in [3.05, 3.63) is 71.7 Å². The molecule has 2 aromatic heterocycles. The summed E-state index contributed by atoms with van der Waals surface area (Å²) in [6.07, 6.45) is -2.46. The van der Waals surface area contributed by atoms with Crippen LogP contribution in [0.4, 0.5) is 34.0 Å². The van der Waals surface area contributed by atoms with Crippen LogP contribution in [0.2, 0.25) is 0 Å². The molecule has 0 saturated heterocycles. The highest BCUT2D eigenvalue weighted by atomic mass is 19.4. The Bertz CT molecular complexity index is 1130. The van der Waals surface area contributed by atoms with Crippen molar-refractivity contribution in [1.29, 1.82) is 0 Å². The predicted molar refractivity (Wildman–Crippen MR) is 108 cm³/mol. The number of halogens is 4. The van der Waals surface area contributed by atoms with Gasteiger partial charge in [-0.05, 0) is 48.2 Å². The molecule has 5 nitrogen and oxygen atoms in total. The van der Waals surface area contributed by atoms with Crippen LogP contribution >= 0.6 is 0 Å². The fraction of sp³-hybridized carbons (Fsp3) is 0.227. The zero-order valence-electron chi connectivity index (χ0n) is 16.4. The molecule has 0 bridgehead atoms. The van der Waals surface area contributed by atoms with Crippen molar-refractivity contribution >= 4 is 17.7 Å². The molecule has 160 valence electrons. The minimum absolute atomic E-state index is 0.105. The van der Waals surface area contributed by atoms with E-state index in [0.29, 0.717) is 24.5 Å². The van der Waals surface area contributed by atoms with Crippen molar-refractivity contribution in [2.75, 3.05) is 16.8 Å². The predicted octanol–water partition coefficient (Wildman–Crippen LogP) is 5.85. The molecule has 1 N–H and O–H groups in total. The van der Waals surface area contributed by atoms with Gasteiger partial charge in [-0.2, -0.15) is 13.2 Å². The molecule has 0 radical (unpaired) electrons. The van der Waals surface area contributed by atoms with Crippen LogP contribution in [0.3, 0.4) is 0 Å². The highest BCUT2D eigenvalue weighted by molar-refractivity contribution is 6.01. The molecule has 1 atom stereocenters. The molecule has 31 heavy (non-hydrogen) atoms. The van der Waals surface area contributed by atoms with Gasteiger partial charge in [-0.3, -0.25) is 10.2 Å². The lowest BCUT2D eigenvalue weighted by Gasteiger charge is -2.32. The fourth-order valence-corrected chi connectivity index (χ4v) is 3.50. The molecule has 0 fully saturated rings. The molecule has 0 saturated carbocycles. The first-order valence-corrected chi connectivity index (χ1v) is 9.61. The topological polar surface area (TPSA) is 58.1 Å². The van der Waals surface area contributed by atoms with E-state index in [2.05, 4.69) is 15.3 Å². The first-order chi connectivity index (χ1) is 14.7. The minimum Gasteiger partial charge on any atom is -0.289 e. The van der Waals surface area contributed by atoms with Gasteiger partial charge >= 0.3 is 12.2 Å². The van der Waals surface area contributed by atoms with Crippen molar-refractivity contribution in [1.82, 2.24) is 9.97 Å². The Morgan fingerprint density at radius 1 is 1.16 bits per heavy atom. The molecule has 1 aliphatic rings. The van der Waals surface area contributed by atoms with Gasteiger partial charge < -0.3 is 0 Å². The Hall–Kier alpha value is -3.49. The highest BCUT2D eigenvalue weighted by Crippen LogP contribution is 2.37. The first kappa shape index (κ1) is 20.8. The van der Waals surface area contributed by atoms with E-state index in [9.17, 15) is 22.4 Å². The van der Waals surface area contributed by atoms with Crippen molar-refractivity contribution in [3.63, 3.8) is 0 Å². The molecule has 3 heterocycles. The lowest BCUT2D eigenvalue weighted by Crippen LogP contribution is -2.40. The average Bonchev–Trinajstić information content (AvgIpc) is 2.75. The molecule has 1 unspecified atom stereocenters. The maximum atomic E-state index is 13.9. The lowest BCUT2D eigenvalue weighted by atomic mass is 9.93. The van der Waals surface area contributed by atoms with Crippen molar-refractivity contribution < 1.29 is 22.4 Å². The quantitative estimate of drug-likeness (QED) is 0.519. The van der Waals surface area contributed by atoms with Crippen LogP contribution in [0, 0.1) is 5.82 Å². The number of nitrogens with zero attached hydrogens (tertiary/aromatic N) is 3. The summed E-state index contributed by atoms with van der Waals surface area (Å²) in [5.41, 5.74) is 0.601. The Balaban J connectivity index is 1.70. The summed E-state index contributed by atoms with van der Waals surface area (Å²) in [6.45, 7) is 2.31. The molecular weight excluding hydrogens is 412 g/mol. The highest BCUT2D eigenvalue weighted by Gasteiger charge is 2.31. The van der Waals surface area contributed by atoms with Gasteiger partial charge in [0.15, 0.2) is 11.6 Å². The Morgan fingerprint density at radius 2 is 1.97 bits per heavy atom. The molecule has 1 aromatic carbocycles. The smallest absolute Gasteiger partial charge is 0.289 e. The number of aromatic nitrogens is 2. The molecular formula is C22H18F4N4O. The number of anilines is 2. The summed E-state index contributed by atoms with van der Waals surface area (Å²) in [5, 5.41) is 2.44. The summed E-state index contributed by atoms with van der Waals surface area (Å²) in [6, 6.07) is 10.2. The summed E-state index contributed by atoms with van der Waals surface area (Å²) in [5.74, 6) is -0.440. The van der Waals surface area contributed by atoms with Gasteiger partial charge in [0, 0.05) is 18.3 Å². The van der Waals surface area contributed by atoms with Crippen LogP contribution in [-0.2, 0) is 6.18 Å². The van der Waals surface area contributed by atoms with Crippen molar-refractivity contribution in [2.24, 2.45) is 0 Å². The maximum absolute atomic E-state index is 13.9. The van der Waals surface area contributed by atoms with E-state index in [4.69, 9.17) is 0 Å². The largest absolute Gasteiger partial charge is 0.416 e. The number of carbonyl (C=O) groups is 1. The van der Waals surface area contributed by atoms with E-state index in [1.807, 2.05) is 6.92 Å². The lowest BCUT2D eigenvalue weighted by molar-refractivity contribution is -0.137. The van der Waals surface area contributed by atoms with Crippen LogP contribution in [0.25, 0.3) is 11.3 Å². The number of amides is 2. The van der Waals surface area contributed by atoms with E-state index in [0.717, 1.165) is 17.7 Å². The molecule has 9 heteroatoms. The number of pyridine rings is 2. The standard InChI is InChI=1S/C22H18F4N4O/c1-13-9-11-30(21(31)29-19-17(23)6-3-10-27-19)20-16(13)7-8-18(28-20)14-4-2-5-15(12-14)22(24,25)26/h2-8,10,12-13H,9,11H2,1H3,(H,27,29,31). The Labute approximate surface area is 175 Å². The number of urea groups is 1. The SMILES string of the molecule is CC1CCN(C(=O)Nc2ncccc2F)c2nc(-c3cccc(C(F)(F)F)c3)ccc21. The van der Waals surface area contributed by atoms with E-state index < -0.39 is 23.6 Å². The van der Waals surface area contributed by atoms with E-state index in [1.165, 1.54) is 35.4 Å². The number of fused-ring (bicyclic) bond motifs is 1. The normalized spacial score (nSPS) is 16.0. The third-order valence-corrected chi connectivity index (χ3v) is 5.19. The van der Waals surface area contributed by atoms with Crippen molar-refractivity contribution in [2.45, 2.75) is 25.4 Å². The summed E-state index contributed by atoms with van der Waals surface area (Å²) in [7, 11) is 0. The average molecular weight is 430 g/mol. The second-order valence-electron chi connectivity index (χ2n) is 7.29. The van der Waals surface area contributed by atoms with E-state index >= 15 is 0 Å². The summed E-state index contributed by atoms with van der Waals surface area (Å²) in [4.78, 5) is 22.5. The van der Waals surface area contributed by atoms with Gasteiger partial charge in [0.25, 0.3) is 0 Å². The van der Waals surface area contributed by atoms with E-state index in [1.54, 1.807) is 12.1 Å². The van der Waals surface area contributed by atoms with Gasteiger partial charge in [0.05, 0.1) is 11.3 Å². The van der Waals surface area contributed by atoms with Crippen LogP contribution in [0.5, 0.6) is 0 Å². The number of rotatable bonds is 2. The van der Waals surface area contributed by atoms with Gasteiger partial charge in [0.2, 0.25) is 0 Å². The van der Waals surface area contributed by atoms with Gasteiger partial charge in [-0.25, -0.2) is 19.2 Å². The molecule has 3 aromatic rings.